The minimum absolute atomic E-state index is 0.0746. The molecular weight excluding hydrogens is 382 g/mol. The highest BCUT2D eigenvalue weighted by Crippen LogP contribution is 2.33. The number of carbonyl (C=O) groups is 1. The van der Waals surface area contributed by atoms with Crippen LogP contribution in [0.3, 0.4) is 0 Å². The van der Waals surface area contributed by atoms with Crippen LogP contribution in [0.5, 0.6) is 11.5 Å². The van der Waals surface area contributed by atoms with E-state index >= 15 is 0 Å². The summed E-state index contributed by atoms with van der Waals surface area (Å²) in [5.41, 5.74) is -0.0615. The van der Waals surface area contributed by atoms with E-state index in [2.05, 4.69) is 5.32 Å². The van der Waals surface area contributed by atoms with E-state index < -0.39 is 39.8 Å². The summed E-state index contributed by atoms with van der Waals surface area (Å²) < 4.78 is 62.7. The van der Waals surface area contributed by atoms with Gasteiger partial charge < -0.3 is 14.8 Å². The van der Waals surface area contributed by atoms with Crippen molar-refractivity contribution in [1.82, 2.24) is 4.31 Å². The first-order valence-electron chi connectivity index (χ1n) is 7.81. The molecule has 1 amide bonds. The average Bonchev–Trinajstić information content (AvgIpc) is 3.04. The fraction of sp³-hybridized carbons (Fsp3) is 0.235. The standard InChI is InChI=1S/C17H16F2N2O5S/c1-27(23,24)21(8-11-5-6-14-15(7-11)26-10-25-14)9-16(22)20-17-12(18)3-2-4-13(17)19/h2-7H,8-10H2,1H3,(H,20,22). The molecule has 0 bridgehead atoms. The predicted molar refractivity (Wildman–Crippen MR) is 92.8 cm³/mol. The van der Waals surface area contributed by atoms with E-state index in [4.69, 9.17) is 9.47 Å². The Morgan fingerprint density at radius 3 is 2.48 bits per heavy atom. The summed E-state index contributed by atoms with van der Waals surface area (Å²) in [5, 5.41) is 2.07. The van der Waals surface area contributed by atoms with Gasteiger partial charge >= 0.3 is 0 Å². The Hall–Kier alpha value is -2.72. The topological polar surface area (TPSA) is 84.9 Å². The SMILES string of the molecule is CS(=O)(=O)N(CC(=O)Nc1c(F)cccc1F)Cc1ccc2c(c1)OCO2. The Bertz CT molecular complexity index is 961. The van der Waals surface area contributed by atoms with Crippen LogP contribution >= 0.6 is 0 Å². The first kappa shape index (κ1) is 19.1. The maximum atomic E-state index is 13.6. The largest absolute Gasteiger partial charge is 0.454 e. The van der Waals surface area contributed by atoms with E-state index in [9.17, 15) is 22.0 Å². The molecule has 7 nitrogen and oxygen atoms in total. The van der Waals surface area contributed by atoms with Gasteiger partial charge in [0, 0.05) is 6.54 Å². The third-order valence-corrected chi connectivity index (χ3v) is 5.01. The molecule has 1 heterocycles. The second-order valence-electron chi connectivity index (χ2n) is 5.86. The number of nitrogens with one attached hydrogen (secondary N) is 1. The zero-order valence-electron chi connectivity index (χ0n) is 14.2. The normalized spacial score (nSPS) is 13.0. The van der Waals surface area contributed by atoms with Crippen molar-refractivity contribution in [3.63, 3.8) is 0 Å². The number of para-hydroxylation sites is 1. The third-order valence-electron chi connectivity index (χ3n) is 3.81. The van der Waals surface area contributed by atoms with Gasteiger partial charge in [-0.15, -0.1) is 0 Å². The van der Waals surface area contributed by atoms with E-state index in [1.165, 1.54) is 0 Å². The molecule has 2 aromatic carbocycles. The van der Waals surface area contributed by atoms with Crippen molar-refractivity contribution in [1.29, 1.82) is 0 Å². The Morgan fingerprint density at radius 1 is 1.15 bits per heavy atom. The van der Waals surface area contributed by atoms with E-state index in [-0.39, 0.29) is 13.3 Å². The number of rotatable bonds is 6. The number of ether oxygens (including phenoxy) is 2. The van der Waals surface area contributed by atoms with Crippen LogP contribution in [0.1, 0.15) is 5.56 Å². The molecule has 1 N–H and O–H groups in total. The van der Waals surface area contributed by atoms with Gasteiger partial charge in [0.2, 0.25) is 22.7 Å². The second-order valence-corrected chi connectivity index (χ2v) is 7.85. The number of fused-ring (bicyclic) bond motifs is 1. The minimum atomic E-state index is -3.77. The van der Waals surface area contributed by atoms with Gasteiger partial charge in [-0.25, -0.2) is 17.2 Å². The first-order chi connectivity index (χ1) is 12.7. The van der Waals surface area contributed by atoms with Crippen LogP contribution in [0, 0.1) is 11.6 Å². The third kappa shape index (κ3) is 4.52. The highest BCUT2D eigenvalue weighted by molar-refractivity contribution is 7.88. The van der Waals surface area contributed by atoms with Crippen LogP contribution in [0.15, 0.2) is 36.4 Å². The maximum Gasteiger partial charge on any atom is 0.239 e. The van der Waals surface area contributed by atoms with Crippen molar-refractivity contribution >= 4 is 21.6 Å². The van der Waals surface area contributed by atoms with Crippen molar-refractivity contribution in [3.8, 4) is 11.5 Å². The zero-order chi connectivity index (χ0) is 19.6. The lowest BCUT2D eigenvalue weighted by Gasteiger charge is -2.20. The van der Waals surface area contributed by atoms with Crippen molar-refractivity contribution in [3.05, 3.63) is 53.6 Å². The van der Waals surface area contributed by atoms with Crippen LogP contribution in [0.4, 0.5) is 14.5 Å². The van der Waals surface area contributed by atoms with Gasteiger partial charge in [0.1, 0.15) is 17.3 Å². The molecule has 144 valence electrons. The summed E-state index contributed by atoms with van der Waals surface area (Å²) in [4.78, 5) is 12.2. The van der Waals surface area contributed by atoms with Crippen molar-refractivity contribution in [2.75, 3.05) is 24.9 Å². The highest BCUT2D eigenvalue weighted by atomic mass is 32.2. The van der Waals surface area contributed by atoms with Crippen LogP contribution in [0.2, 0.25) is 0 Å². The monoisotopic (exact) mass is 398 g/mol. The van der Waals surface area contributed by atoms with E-state index in [1.54, 1.807) is 18.2 Å². The van der Waals surface area contributed by atoms with Crippen LogP contribution in [0.25, 0.3) is 0 Å². The molecule has 0 unspecified atom stereocenters. The second kappa shape index (κ2) is 7.49. The van der Waals surface area contributed by atoms with Gasteiger partial charge in [-0.2, -0.15) is 4.31 Å². The minimum Gasteiger partial charge on any atom is -0.454 e. The summed E-state index contributed by atoms with van der Waals surface area (Å²) in [6, 6.07) is 8.00. The number of amides is 1. The number of halogens is 2. The van der Waals surface area contributed by atoms with Crippen LogP contribution in [-0.4, -0.2) is 38.2 Å². The predicted octanol–water partition coefficient (Wildman–Crippen LogP) is 2.09. The molecule has 0 aliphatic carbocycles. The summed E-state index contributed by atoms with van der Waals surface area (Å²) >= 11 is 0. The molecule has 1 aliphatic heterocycles. The summed E-state index contributed by atoms with van der Waals surface area (Å²) in [7, 11) is -3.77. The summed E-state index contributed by atoms with van der Waals surface area (Å²) in [6.07, 6.45) is 0.941. The first-order valence-corrected chi connectivity index (χ1v) is 9.66. The lowest BCUT2D eigenvalue weighted by molar-refractivity contribution is -0.116. The summed E-state index contributed by atoms with van der Waals surface area (Å²) in [5.74, 6) is -1.77. The highest BCUT2D eigenvalue weighted by Gasteiger charge is 2.23. The van der Waals surface area contributed by atoms with Crippen LogP contribution in [-0.2, 0) is 21.4 Å². The molecule has 0 radical (unpaired) electrons. The van der Waals surface area contributed by atoms with Crippen molar-refractivity contribution < 1.29 is 31.5 Å². The van der Waals surface area contributed by atoms with Gasteiger partial charge in [0.25, 0.3) is 0 Å². The molecule has 0 atom stereocenters. The van der Waals surface area contributed by atoms with Crippen molar-refractivity contribution in [2.24, 2.45) is 0 Å². The Kier molecular flexibility index (Phi) is 5.29. The van der Waals surface area contributed by atoms with Gasteiger partial charge in [0.05, 0.1) is 12.8 Å². The van der Waals surface area contributed by atoms with Crippen molar-refractivity contribution in [2.45, 2.75) is 6.54 Å². The number of hydrogen-bond acceptors (Lipinski definition) is 5. The molecule has 27 heavy (non-hydrogen) atoms. The lowest BCUT2D eigenvalue weighted by atomic mass is 10.2. The smallest absolute Gasteiger partial charge is 0.239 e. The van der Waals surface area contributed by atoms with Gasteiger partial charge in [0.15, 0.2) is 11.5 Å². The zero-order valence-corrected chi connectivity index (χ0v) is 15.1. The van der Waals surface area contributed by atoms with E-state index in [1.807, 2.05) is 0 Å². The molecule has 0 spiro atoms. The number of nitrogens with zero attached hydrogens (tertiary/aromatic N) is 1. The van der Waals surface area contributed by atoms with Crippen LogP contribution < -0.4 is 14.8 Å². The molecule has 10 heteroatoms. The van der Waals surface area contributed by atoms with E-state index in [0.717, 1.165) is 28.8 Å². The molecule has 3 rings (SSSR count). The Morgan fingerprint density at radius 2 is 1.81 bits per heavy atom. The Balaban J connectivity index is 1.75. The van der Waals surface area contributed by atoms with Gasteiger partial charge in [-0.3, -0.25) is 4.79 Å². The molecule has 0 saturated heterocycles. The molecule has 0 saturated carbocycles. The fourth-order valence-electron chi connectivity index (χ4n) is 2.49. The molecule has 0 aromatic heterocycles. The molecule has 2 aromatic rings. The number of sulfonamides is 1. The molecule has 0 fully saturated rings. The Labute approximate surface area is 154 Å². The molecule has 1 aliphatic rings. The summed E-state index contributed by atoms with van der Waals surface area (Å²) in [6.45, 7) is -0.658. The number of carbonyl (C=O) groups excluding carboxylic acids is 1. The lowest BCUT2D eigenvalue weighted by Crippen LogP contribution is -2.37. The average molecular weight is 398 g/mol. The number of hydrogen-bond donors (Lipinski definition) is 1. The van der Waals surface area contributed by atoms with Gasteiger partial charge in [-0.05, 0) is 29.8 Å². The molecular formula is C17H16F2N2O5S. The number of benzene rings is 2. The quantitative estimate of drug-likeness (QED) is 0.806. The maximum absolute atomic E-state index is 13.6. The fourth-order valence-corrected chi connectivity index (χ4v) is 3.23. The van der Waals surface area contributed by atoms with E-state index in [0.29, 0.717) is 17.1 Å². The number of anilines is 1. The van der Waals surface area contributed by atoms with Gasteiger partial charge in [-0.1, -0.05) is 12.1 Å².